The largest absolute Gasteiger partial charge is 0.505 e. The molecule has 6 heteroatoms. The van der Waals surface area contributed by atoms with Crippen LogP contribution in [0.25, 0.3) is 0 Å². The second-order valence-corrected chi connectivity index (χ2v) is 5.93. The van der Waals surface area contributed by atoms with Crippen LogP contribution in [0, 0.1) is 5.92 Å². The molecule has 1 aromatic heterocycles. The molecule has 0 radical (unpaired) electrons. The molecule has 2 aliphatic heterocycles. The molecule has 21 heavy (non-hydrogen) atoms. The second kappa shape index (κ2) is 5.35. The van der Waals surface area contributed by atoms with Gasteiger partial charge >= 0.3 is 5.97 Å². The molecular weight excluding hydrogens is 272 g/mol. The van der Waals surface area contributed by atoms with Crippen LogP contribution >= 0.6 is 0 Å². The van der Waals surface area contributed by atoms with E-state index in [1.165, 1.54) is 18.5 Å². The Hall–Kier alpha value is -2.11. The Morgan fingerprint density at radius 3 is 2.52 bits per heavy atom. The van der Waals surface area contributed by atoms with Gasteiger partial charge in [-0.1, -0.05) is 0 Å². The van der Waals surface area contributed by atoms with E-state index in [2.05, 4.69) is 4.98 Å². The molecule has 3 heterocycles. The van der Waals surface area contributed by atoms with Gasteiger partial charge in [-0.25, -0.2) is 0 Å². The minimum absolute atomic E-state index is 0.0909. The second-order valence-electron chi connectivity index (χ2n) is 5.93. The average molecular weight is 290 g/mol. The number of nitrogens with zero attached hydrogens (tertiary/aromatic N) is 2. The van der Waals surface area contributed by atoms with Crippen molar-refractivity contribution in [3.05, 3.63) is 24.0 Å². The van der Waals surface area contributed by atoms with Crippen LogP contribution in [0.3, 0.4) is 0 Å². The monoisotopic (exact) mass is 290 g/mol. The predicted octanol–water partition coefficient (Wildman–Crippen LogP) is 1.65. The topological polar surface area (TPSA) is 90.7 Å². The van der Waals surface area contributed by atoms with Gasteiger partial charge in [-0.15, -0.1) is 0 Å². The number of pyridine rings is 1. The van der Waals surface area contributed by atoms with Gasteiger partial charge in [0, 0.05) is 24.7 Å². The van der Waals surface area contributed by atoms with Crippen LogP contribution in [0.1, 0.15) is 42.5 Å². The lowest BCUT2D eigenvalue weighted by Crippen LogP contribution is -2.46. The van der Waals surface area contributed by atoms with Gasteiger partial charge < -0.3 is 15.1 Å². The van der Waals surface area contributed by atoms with Crippen LogP contribution in [-0.2, 0) is 4.79 Å². The molecule has 112 valence electrons. The van der Waals surface area contributed by atoms with Gasteiger partial charge in [-0.05, 0) is 37.7 Å². The molecule has 2 N–H and O–H groups in total. The summed E-state index contributed by atoms with van der Waals surface area (Å²) in [5.41, 5.74) is 0.276. The van der Waals surface area contributed by atoms with Gasteiger partial charge in [0.1, 0.15) is 5.75 Å². The SMILES string of the molecule is O=C(O)CC1CC2CCC(C1)N2C(=O)c1ccncc1O. The zero-order chi connectivity index (χ0) is 15.0. The van der Waals surface area contributed by atoms with E-state index in [1.807, 2.05) is 4.90 Å². The summed E-state index contributed by atoms with van der Waals surface area (Å²) in [5, 5.41) is 18.7. The molecule has 2 unspecified atom stereocenters. The van der Waals surface area contributed by atoms with E-state index in [1.54, 1.807) is 0 Å². The van der Waals surface area contributed by atoms with E-state index in [-0.39, 0.29) is 41.6 Å². The number of amides is 1. The molecule has 2 aliphatic rings. The number of fused-ring (bicyclic) bond motifs is 2. The minimum atomic E-state index is -0.772. The highest BCUT2D eigenvalue weighted by Gasteiger charge is 2.44. The molecule has 0 aliphatic carbocycles. The number of rotatable bonds is 3. The van der Waals surface area contributed by atoms with Crippen molar-refractivity contribution in [2.75, 3.05) is 0 Å². The van der Waals surface area contributed by atoms with Crippen LogP contribution in [0.2, 0.25) is 0 Å². The van der Waals surface area contributed by atoms with E-state index in [9.17, 15) is 14.7 Å². The summed E-state index contributed by atoms with van der Waals surface area (Å²) in [6.07, 6.45) is 6.24. The van der Waals surface area contributed by atoms with Gasteiger partial charge in [0.15, 0.2) is 0 Å². The maximum atomic E-state index is 12.6. The van der Waals surface area contributed by atoms with E-state index >= 15 is 0 Å². The number of aliphatic carboxylic acids is 1. The minimum Gasteiger partial charge on any atom is -0.505 e. The van der Waals surface area contributed by atoms with Gasteiger partial charge in [0.2, 0.25) is 0 Å². The summed E-state index contributed by atoms with van der Waals surface area (Å²) in [6.45, 7) is 0. The summed E-state index contributed by atoms with van der Waals surface area (Å²) in [5.74, 6) is -0.897. The van der Waals surface area contributed by atoms with Gasteiger partial charge in [-0.3, -0.25) is 14.6 Å². The van der Waals surface area contributed by atoms with Gasteiger partial charge in [-0.2, -0.15) is 0 Å². The van der Waals surface area contributed by atoms with Crippen molar-refractivity contribution in [2.45, 2.75) is 44.2 Å². The van der Waals surface area contributed by atoms with Crippen molar-refractivity contribution in [2.24, 2.45) is 5.92 Å². The maximum Gasteiger partial charge on any atom is 0.303 e. The summed E-state index contributed by atoms with van der Waals surface area (Å²) < 4.78 is 0. The summed E-state index contributed by atoms with van der Waals surface area (Å²) in [6, 6.07) is 1.71. The quantitative estimate of drug-likeness (QED) is 0.883. The molecule has 2 fully saturated rings. The Morgan fingerprint density at radius 1 is 1.29 bits per heavy atom. The van der Waals surface area contributed by atoms with Crippen molar-refractivity contribution < 1.29 is 19.8 Å². The fraction of sp³-hybridized carbons (Fsp3) is 0.533. The lowest BCUT2D eigenvalue weighted by atomic mass is 9.88. The van der Waals surface area contributed by atoms with Crippen molar-refractivity contribution >= 4 is 11.9 Å². The Kier molecular flexibility index (Phi) is 3.53. The summed E-state index contributed by atoms with van der Waals surface area (Å²) in [7, 11) is 0. The highest BCUT2D eigenvalue weighted by atomic mass is 16.4. The molecular formula is C15H18N2O4. The number of aromatic hydroxyl groups is 1. The fourth-order valence-corrected chi connectivity index (χ4v) is 3.74. The Balaban J connectivity index is 1.78. The van der Waals surface area contributed by atoms with Crippen molar-refractivity contribution in [1.82, 2.24) is 9.88 Å². The van der Waals surface area contributed by atoms with Crippen LogP contribution in [0.15, 0.2) is 18.5 Å². The van der Waals surface area contributed by atoms with Crippen LogP contribution in [0.5, 0.6) is 5.75 Å². The first kappa shape index (κ1) is 13.9. The fourth-order valence-electron chi connectivity index (χ4n) is 3.74. The van der Waals surface area contributed by atoms with Crippen LogP contribution in [0.4, 0.5) is 0 Å². The van der Waals surface area contributed by atoms with Gasteiger partial charge in [0.25, 0.3) is 5.91 Å². The van der Waals surface area contributed by atoms with Crippen LogP contribution in [-0.4, -0.2) is 44.1 Å². The molecule has 3 rings (SSSR count). The number of piperidine rings is 1. The lowest BCUT2D eigenvalue weighted by molar-refractivity contribution is -0.138. The first-order valence-corrected chi connectivity index (χ1v) is 7.23. The van der Waals surface area contributed by atoms with Crippen molar-refractivity contribution in [3.8, 4) is 5.75 Å². The Morgan fingerprint density at radius 2 is 1.95 bits per heavy atom. The van der Waals surface area contributed by atoms with Crippen LogP contribution < -0.4 is 0 Å². The zero-order valence-electron chi connectivity index (χ0n) is 11.6. The molecule has 6 nitrogen and oxygen atoms in total. The van der Waals surface area contributed by atoms with Crippen molar-refractivity contribution in [3.63, 3.8) is 0 Å². The maximum absolute atomic E-state index is 12.6. The molecule has 0 aromatic carbocycles. The summed E-state index contributed by atoms with van der Waals surface area (Å²) >= 11 is 0. The first-order chi connectivity index (χ1) is 10.1. The van der Waals surface area contributed by atoms with E-state index in [4.69, 9.17) is 5.11 Å². The smallest absolute Gasteiger partial charge is 0.303 e. The van der Waals surface area contributed by atoms with E-state index in [0.29, 0.717) is 0 Å². The number of carbonyl (C=O) groups excluding carboxylic acids is 1. The third-order valence-electron chi connectivity index (χ3n) is 4.56. The molecule has 1 amide bonds. The normalized spacial score (nSPS) is 27.6. The highest BCUT2D eigenvalue weighted by molar-refractivity contribution is 5.97. The molecule has 1 aromatic rings. The first-order valence-electron chi connectivity index (χ1n) is 7.23. The van der Waals surface area contributed by atoms with E-state index in [0.717, 1.165) is 25.7 Å². The molecule has 0 spiro atoms. The number of hydrogen-bond acceptors (Lipinski definition) is 4. The Labute approximate surface area is 122 Å². The Bertz CT molecular complexity index is 561. The van der Waals surface area contributed by atoms with E-state index < -0.39 is 5.97 Å². The summed E-state index contributed by atoms with van der Waals surface area (Å²) in [4.78, 5) is 29.1. The molecule has 0 saturated carbocycles. The highest BCUT2D eigenvalue weighted by Crippen LogP contribution is 2.41. The van der Waals surface area contributed by atoms with Crippen molar-refractivity contribution in [1.29, 1.82) is 0 Å². The number of hydrogen-bond donors (Lipinski definition) is 2. The average Bonchev–Trinajstić information content (AvgIpc) is 2.69. The molecule has 2 atom stereocenters. The number of aromatic nitrogens is 1. The van der Waals surface area contributed by atoms with Gasteiger partial charge in [0.05, 0.1) is 11.8 Å². The number of carboxylic acid groups (broad SMARTS) is 1. The standard InChI is InChI=1S/C15H18N2O4/c18-13-8-16-4-3-12(13)15(21)17-10-1-2-11(17)6-9(5-10)7-14(19)20/h3-4,8-11,18H,1-2,5-7H2,(H,19,20). The number of carboxylic acids is 1. The molecule has 2 bridgehead atoms. The third kappa shape index (κ3) is 2.57. The number of carbonyl (C=O) groups is 2. The third-order valence-corrected chi connectivity index (χ3v) is 4.56. The predicted molar refractivity (Wildman–Crippen MR) is 73.9 cm³/mol. The lowest BCUT2D eigenvalue weighted by Gasteiger charge is -2.38. The molecule has 2 saturated heterocycles. The zero-order valence-corrected chi connectivity index (χ0v) is 11.6.